The number of carbonyl (C=O) groups excluding carboxylic acids is 2. The second kappa shape index (κ2) is 10.7. The number of thioether (sulfide) groups is 1. The van der Waals surface area contributed by atoms with E-state index in [0.29, 0.717) is 12.2 Å². The fraction of sp³-hybridized carbons (Fsp3) is 0.316. The minimum absolute atomic E-state index is 0.125. The highest BCUT2D eigenvalue weighted by atomic mass is 32.2. The van der Waals surface area contributed by atoms with Gasteiger partial charge in [0.15, 0.2) is 0 Å². The van der Waals surface area contributed by atoms with Gasteiger partial charge in [-0.15, -0.1) is 11.8 Å². The zero-order chi connectivity index (χ0) is 21.3. The molecule has 2 rings (SSSR count). The number of aryl methyl sites for hydroxylation is 1. The Morgan fingerprint density at radius 2 is 1.69 bits per heavy atom. The number of halogens is 3. The lowest BCUT2D eigenvalue weighted by Crippen LogP contribution is -2.30. The van der Waals surface area contributed by atoms with E-state index in [2.05, 4.69) is 20.9 Å². The molecule has 0 unspecified atom stereocenters. The van der Waals surface area contributed by atoms with Crippen molar-refractivity contribution in [3.63, 3.8) is 0 Å². The van der Waals surface area contributed by atoms with Gasteiger partial charge in [0.25, 0.3) is 0 Å². The maximum atomic E-state index is 12.5. The number of hydrogen-bond donors (Lipinski definition) is 3. The Labute approximate surface area is 170 Å². The number of amides is 2. The first-order valence-corrected chi connectivity index (χ1v) is 9.87. The van der Waals surface area contributed by atoms with Crippen LogP contribution in [-0.2, 0) is 15.8 Å². The standard InChI is InChI=1S/C19H21F3N4O2S/c1-13-2-5-15(6-3-13)26-18(28)12-29-11-17(27)24-9-8-23-16-7-4-14(10-25-16)19(20,21)22/h2-7,10H,8-9,11-12H2,1H3,(H,23,25)(H,24,27)(H,26,28). The molecule has 0 spiro atoms. The third kappa shape index (κ3) is 8.43. The summed E-state index contributed by atoms with van der Waals surface area (Å²) >= 11 is 1.19. The van der Waals surface area contributed by atoms with Gasteiger partial charge in [-0.05, 0) is 31.2 Å². The SMILES string of the molecule is Cc1ccc(NC(=O)CSCC(=O)NCCNc2ccc(C(F)(F)F)cn2)cc1. The second-order valence-electron chi connectivity index (χ2n) is 6.11. The third-order valence-corrected chi connectivity index (χ3v) is 4.58. The van der Waals surface area contributed by atoms with Crippen molar-refractivity contribution in [3.8, 4) is 0 Å². The smallest absolute Gasteiger partial charge is 0.368 e. The summed E-state index contributed by atoms with van der Waals surface area (Å²) in [5, 5.41) is 8.22. The predicted molar refractivity (Wildman–Crippen MR) is 108 cm³/mol. The molecule has 0 bridgehead atoms. The lowest BCUT2D eigenvalue weighted by atomic mass is 10.2. The van der Waals surface area contributed by atoms with Crippen LogP contribution < -0.4 is 16.0 Å². The predicted octanol–water partition coefficient (Wildman–Crippen LogP) is 3.31. The van der Waals surface area contributed by atoms with E-state index in [4.69, 9.17) is 0 Å². The molecule has 10 heteroatoms. The quantitative estimate of drug-likeness (QED) is 0.536. The summed E-state index contributed by atoms with van der Waals surface area (Å²) in [6, 6.07) is 9.57. The van der Waals surface area contributed by atoms with Crippen molar-refractivity contribution in [3.05, 3.63) is 53.7 Å². The molecule has 0 atom stereocenters. The molecular formula is C19H21F3N4O2S. The van der Waals surface area contributed by atoms with E-state index >= 15 is 0 Å². The van der Waals surface area contributed by atoms with Crippen LogP contribution >= 0.6 is 11.8 Å². The van der Waals surface area contributed by atoms with Gasteiger partial charge < -0.3 is 16.0 Å². The van der Waals surface area contributed by atoms with Crippen molar-refractivity contribution in [1.29, 1.82) is 0 Å². The first kappa shape index (κ1) is 22.5. The van der Waals surface area contributed by atoms with E-state index in [9.17, 15) is 22.8 Å². The van der Waals surface area contributed by atoms with Crippen molar-refractivity contribution >= 4 is 35.1 Å². The Morgan fingerprint density at radius 3 is 2.31 bits per heavy atom. The number of nitrogens with zero attached hydrogens (tertiary/aromatic N) is 1. The van der Waals surface area contributed by atoms with Gasteiger partial charge in [0.1, 0.15) is 5.82 Å². The maximum absolute atomic E-state index is 12.5. The van der Waals surface area contributed by atoms with Crippen LogP contribution in [0.1, 0.15) is 11.1 Å². The van der Waals surface area contributed by atoms with Crippen LogP contribution in [0, 0.1) is 6.92 Å². The van der Waals surface area contributed by atoms with E-state index < -0.39 is 11.7 Å². The van der Waals surface area contributed by atoms with Gasteiger partial charge in [-0.25, -0.2) is 4.98 Å². The molecule has 1 aromatic heterocycles. The molecule has 0 saturated heterocycles. The summed E-state index contributed by atoms with van der Waals surface area (Å²) in [7, 11) is 0. The van der Waals surface area contributed by atoms with Crippen LogP contribution in [0.15, 0.2) is 42.6 Å². The highest BCUT2D eigenvalue weighted by Gasteiger charge is 2.30. The summed E-state index contributed by atoms with van der Waals surface area (Å²) in [6.07, 6.45) is -3.67. The molecule has 3 N–H and O–H groups in total. The molecule has 1 heterocycles. The average Bonchev–Trinajstić information content (AvgIpc) is 2.67. The van der Waals surface area contributed by atoms with Gasteiger partial charge in [0.05, 0.1) is 17.1 Å². The first-order valence-electron chi connectivity index (χ1n) is 8.72. The molecule has 0 fully saturated rings. The summed E-state index contributed by atoms with van der Waals surface area (Å²) in [5.41, 5.74) is 0.978. The minimum atomic E-state index is -4.42. The molecule has 0 aliphatic heterocycles. The molecule has 0 saturated carbocycles. The van der Waals surface area contributed by atoms with Crippen molar-refractivity contribution < 1.29 is 22.8 Å². The number of pyridine rings is 1. The maximum Gasteiger partial charge on any atom is 0.417 e. The lowest BCUT2D eigenvalue weighted by Gasteiger charge is -2.09. The van der Waals surface area contributed by atoms with Crippen molar-refractivity contribution in [2.75, 3.05) is 35.2 Å². The van der Waals surface area contributed by atoms with Crippen LogP contribution in [0.25, 0.3) is 0 Å². The number of aromatic nitrogens is 1. The van der Waals surface area contributed by atoms with Gasteiger partial charge in [0.2, 0.25) is 11.8 Å². The number of alkyl halides is 3. The number of carbonyl (C=O) groups is 2. The highest BCUT2D eigenvalue weighted by Crippen LogP contribution is 2.28. The second-order valence-corrected chi connectivity index (χ2v) is 7.10. The van der Waals surface area contributed by atoms with E-state index in [1.165, 1.54) is 17.8 Å². The van der Waals surface area contributed by atoms with Crippen LogP contribution in [0.3, 0.4) is 0 Å². The van der Waals surface area contributed by atoms with Crippen molar-refractivity contribution in [2.24, 2.45) is 0 Å². The largest absolute Gasteiger partial charge is 0.417 e. The van der Waals surface area contributed by atoms with Gasteiger partial charge in [-0.2, -0.15) is 13.2 Å². The molecule has 0 radical (unpaired) electrons. The van der Waals surface area contributed by atoms with Gasteiger partial charge in [0, 0.05) is 25.0 Å². The molecular weight excluding hydrogens is 405 g/mol. The molecule has 6 nitrogen and oxygen atoms in total. The first-order chi connectivity index (χ1) is 13.7. The summed E-state index contributed by atoms with van der Waals surface area (Å²) in [5.74, 6) is 0.130. The van der Waals surface area contributed by atoms with Crippen molar-refractivity contribution in [2.45, 2.75) is 13.1 Å². The Kier molecular flexibility index (Phi) is 8.32. The Hall–Kier alpha value is -2.75. The molecule has 1 aromatic carbocycles. The normalized spacial score (nSPS) is 11.0. The number of anilines is 2. The molecule has 29 heavy (non-hydrogen) atoms. The average molecular weight is 426 g/mol. The van der Waals surface area contributed by atoms with Gasteiger partial charge in [-0.1, -0.05) is 17.7 Å². The van der Waals surface area contributed by atoms with Gasteiger partial charge in [-0.3, -0.25) is 9.59 Å². The highest BCUT2D eigenvalue weighted by molar-refractivity contribution is 8.00. The Balaban J connectivity index is 1.57. The van der Waals surface area contributed by atoms with Crippen LogP contribution in [-0.4, -0.2) is 41.4 Å². The number of hydrogen-bond acceptors (Lipinski definition) is 5. The summed E-state index contributed by atoms with van der Waals surface area (Å²) in [6.45, 7) is 2.54. The number of nitrogens with one attached hydrogen (secondary N) is 3. The Bertz CT molecular complexity index is 812. The molecule has 2 amide bonds. The van der Waals surface area contributed by atoms with Crippen molar-refractivity contribution in [1.82, 2.24) is 10.3 Å². The van der Waals surface area contributed by atoms with E-state index in [1.54, 1.807) is 0 Å². The molecule has 0 aliphatic rings. The summed E-state index contributed by atoms with van der Waals surface area (Å²) < 4.78 is 37.4. The zero-order valence-corrected chi connectivity index (χ0v) is 16.5. The van der Waals surface area contributed by atoms with Crippen LogP contribution in [0.4, 0.5) is 24.7 Å². The number of rotatable bonds is 9. The topological polar surface area (TPSA) is 83.1 Å². The monoisotopic (exact) mass is 426 g/mol. The van der Waals surface area contributed by atoms with Gasteiger partial charge >= 0.3 is 6.18 Å². The molecule has 156 valence electrons. The molecule has 0 aliphatic carbocycles. The van der Waals surface area contributed by atoms with E-state index in [0.717, 1.165) is 17.8 Å². The minimum Gasteiger partial charge on any atom is -0.368 e. The van der Waals surface area contributed by atoms with E-state index in [-0.39, 0.29) is 35.7 Å². The zero-order valence-electron chi connectivity index (χ0n) is 15.7. The van der Waals surface area contributed by atoms with Crippen LogP contribution in [0.2, 0.25) is 0 Å². The lowest BCUT2D eigenvalue weighted by molar-refractivity contribution is -0.137. The molecule has 2 aromatic rings. The fourth-order valence-corrected chi connectivity index (χ4v) is 2.83. The van der Waals surface area contributed by atoms with Crippen LogP contribution in [0.5, 0.6) is 0 Å². The third-order valence-electron chi connectivity index (χ3n) is 3.65. The van der Waals surface area contributed by atoms with E-state index in [1.807, 2.05) is 31.2 Å². The number of benzene rings is 1. The summed E-state index contributed by atoms with van der Waals surface area (Å²) in [4.78, 5) is 27.3. The Morgan fingerprint density at radius 1 is 1.00 bits per heavy atom. The fourth-order valence-electron chi connectivity index (χ4n) is 2.18.